The number of rotatable bonds is 5. The number of aromatic nitrogens is 2. The molecule has 1 aromatic heterocycles. The van der Waals surface area contributed by atoms with Crippen LogP contribution in [0.3, 0.4) is 0 Å². The van der Waals surface area contributed by atoms with Crippen LogP contribution in [-0.4, -0.2) is 16.6 Å². The number of nitrogens with zero attached hydrogens (tertiary/aromatic N) is 2. The van der Waals surface area contributed by atoms with Crippen LogP contribution in [0.4, 0.5) is 5.69 Å². The van der Waals surface area contributed by atoms with Gasteiger partial charge in [-0.25, -0.2) is 4.98 Å². The van der Waals surface area contributed by atoms with Gasteiger partial charge in [-0.3, -0.25) is 0 Å². The van der Waals surface area contributed by atoms with E-state index in [1.54, 1.807) is 12.1 Å². The van der Waals surface area contributed by atoms with Gasteiger partial charge in [0, 0.05) is 0 Å². The number of anilines is 1. The van der Waals surface area contributed by atoms with Crippen molar-refractivity contribution in [2.24, 2.45) is 0 Å². The van der Waals surface area contributed by atoms with Gasteiger partial charge in [0.2, 0.25) is 5.88 Å². The maximum atomic E-state index is 5.79. The van der Waals surface area contributed by atoms with Crippen molar-refractivity contribution in [3.05, 3.63) is 35.7 Å². The van der Waals surface area contributed by atoms with Crippen molar-refractivity contribution in [2.45, 2.75) is 13.3 Å². The van der Waals surface area contributed by atoms with E-state index in [4.69, 9.17) is 26.8 Å². The van der Waals surface area contributed by atoms with E-state index in [1.165, 1.54) is 6.33 Å². The second-order valence-electron chi connectivity index (χ2n) is 3.81. The highest BCUT2D eigenvalue weighted by atomic mass is 35.5. The van der Waals surface area contributed by atoms with Gasteiger partial charge in [-0.15, -0.1) is 0 Å². The zero-order valence-electron chi connectivity index (χ0n) is 10.5. The van der Waals surface area contributed by atoms with Crippen molar-refractivity contribution in [3.63, 3.8) is 0 Å². The summed E-state index contributed by atoms with van der Waals surface area (Å²) in [7, 11) is 0. The molecule has 0 unspecified atom stereocenters. The SMILES string of the molecule is CCCOc1ccc(Oc2ncnc(Cl)c2N)cc1. The van der Waals surface area contributed by atoms with Gasteiger partial charge in [-0.05, 0) is 30.7 Å². The highest BCUT2D eigenvalue weighted by Gasteiger charge is 2.08. The standard InChI is InChI=1S/C13H14ClN3O2/c1-2-7-18-9-3-5-10(6-4-9)19-13-11(15)12(14)16-8-17-13/h3-6,8H,2,7,15H2,1H3. The highest BCUT2D eigenvalue weighted by molar-refractivity contribution is 6.32. The van der Waals surface area contributed by atoms with Crippen molar-refractivity contribution in [1.29, 1.82) is 0 Å². The van der Waals surface area contributed by atoms with Gasteiger partial charge < -0.3 is 15.2 Å². The first-order valence-corrected chi connectivity index (χ1v) is 6.25. The van der Waals surface area contributed by atoms with E-state index in [0.717, 1.165) is 12.2 Å². The van der Waals surface area contributed by atoms with E-state index in [2.05, 4.69) is 16.9 Å². The Kier molecular flexibility index (Phi) is 4.41. The minimum Gasteiger partial charge on any atom is -0.494 e. The van der Waals surface area contributed by atoms with E-state index >= 15 is 0 Å². The first kappa shape index (κ1) is 13.4. The van der Waals surface area contributed by atoms with Crippen molar-refractivity contribution < 1.29 is 9.47 Å². The maximum Gasteiger partial charge on any atom is 0.247 e. The summed E-state index contributed by atoms with van der Waals surface area (Å²) in [6, 6.07) is 7.20. The molecule has 1 heterocycles. The summed E-state index contributed by atoms with van der Waals surface area (Å²) in [6.07, 6.45) is 2.26. The van der Waals surface area contributed by atoms with Crippen molar-refractivity contribution in [1.82, 2.24) is 9.97 Å². The van der Waals surface area contributed by atoms with Gasteiger partial charge in [-0.1, -0.05) is 18.5 Å². The largest absolute Gasteiger partial charge is 0.494 e. The van der Waals surface area contributed by atoms with E-state index in [-0.39, 0.29) is 16.7 Å². The Bertz CT molecular complexity index is 546. The summed E-state index contributed by atoms with van der Waals surface area (Å²) in [6.45, 7) is 2.74. The summed E-state index contributed by atoms with van der Waals surface area (Å²) >= 11 is 5.79. The predicted octanol–water partition coefficient (Wildman–Crippen LogP) is 3.29. The molecule has 0 bridgehead atoms. The fraction of sp³-hybridized carbons (Fsp3) is 0.231. The summed E-state index contributed by atoms with van der Waals surface area (Å²) in [4.78, 5) is 7.69. The van der Waals surface area contributed by atoms with Crippen molar-refractivity contribution >= 4 is 17.3 Å². The van der Waals surface area contributed by atoms with Gasteiger partial charge in [0.25, 0.3) is 0 Å². The van der Waals surface area contributed by atoms with Crippen LogP contribution in [0.25, 0.3) is 0 Å². The lowest BCUT2D eigenvalue weighted by atomic mass is 10.3. The number of benzene rings is 1. The molecule has 1 aromatic carbocycles. The minimum atomic E-state index is 0.174. The number of halogens is 1. The molecule has 0 atom stereocenters. The monoisotopic (exact) mass is 279 g/mol. The minimum absolute atomic E-state index is 0.174. The van der Waals surface area contributed by atoms with E-state index in [0.29, 0.717) is 12.4 Å². The molecule has 2 aromatic rings. The lowest BCUT2D eigenvalue weighted by Gasteiger charge is -2.08. The van der Waals surface area contributed by atoms with Crippen LogP contribution in [-0.2, 0) is 0 Å². The molecule has 0 amide bonds. The second kappa shape index (κ2) is 6.24. The second-order valence-corrected chi connectivity index (χ2v) is 4.16. The molecule has 2 rings (SSSR count). The smallest absolute Gasteiger partial charge is 0.247 e. The van der Waals surface area contributed by atoms with Crippen molar-refractivity contribution in [3.8, 4) is 17.4 Å². The lowest BCUT2D eigenvalue weighted by Crippen LogP contribution is -1.98. The fourth-order valence-corrected chi connectivity index (χ4v) is 1.50. The number of ether oxygens (including phenoxy) is 2. The van der Waals surface area contributed by atoms with Crippen LogP contribution in [0.1, 0.15) is 13.3 Å². The fourth-order valence-electron chi connectivity index (χ4n) is 1.38. The number of hydrogen-bond acceptors (Lipinski definition) is 5. The molecule has 6 heteroatoms. The molecule has 100 valence electrons. The Morgan fingerprint density at radius 1 is 1.16 bits per heavy atom. The molecule has 0 spiro atoms. The Morgan fingerprint density at radius 2 is 1.84 bits per heavy atom. The third-order valence-corrected chi connectivity index (χ3v) is 2.61. The molecule has 0 aliphatic rings. The zero-order valence-corrected chi connectivity index (χ0v) is 11.2. The van der Waals surface area contributed by atoms with Gasteiger partial charge in [0.15, 0.2) is 5.15 Å². The average Bonchev–Trinajstić information content (AvgIpc) is 2.43. The third kappa shape index (κ3) is 3.48. The van der Waals surface area contributed by atoms with Crippen LogP contribution in [0.2, 0.25) is 5.15 Å². The third-order valence-electron chi connectivity index (χ3n) is 2.31. The van der Waals surface area contributed by atoms with Gasteiger partial charge >= 0.3 is 0 Å². The molecular weight excluding hydrogens is 266 g/mol. The molecule has 0 aliphatic carbocycles. The first-order valence-electron chi connectivity index (χ1n) is 5.87. The molecule has 0 aliphatic heterocycles. The summed E-state index contributed by atoms with van der Waals surface area (Å²) in [5, 5.41) is 0.174. The number of hydrogen-bond donors (Lipinski definition) is 1. The normalized spacial score (nSPS) is 10.2. The molecular formula is C13H14ClN3O2. The average molecular weight is 280 g/mol. The highest BCUT2D eigenvalue weighted by Crippen LogP contribution is 2.29. The molecule has 2 N–H and O–H groups in total. The first-order chi connectivity index (χ1) is 9.20. The molecule has 0 saturated heterocycles. The van der Waals surface area contributed by atoms with Gasteiger partial charge in [0.05, 0.1) is 6.61 Å². The quantitative estimate of drug-likeness (QED) is 0.851. The van der Waals surface area contributed by atoms with E-state index in [1.807, 2.05) is 12.1 Å². The Hall–Kier alpha value is -2.01. The topological polar surface area (TPSA) is 70.3 Å². The number of nitrogen functional groups attached to an aromatic ring is 1. The molecule has 0 fully saturated rings. The zero-order chi connectivity index (χ0) is 13.7. The van der Waals surface area contributed by atoms with E-state index in [9.17, 15) is 0 Å². The number of nitrogens with two attached hydrogens (primary N) is 1. The van der Waals surface area contributed by atoms with Gasteiger partial charge in [0.1, 0.15) is 23.5 Å². The van der Waals surface area contributed by atoms with Gasteiger partial charge in [-0.2, -0.15) is 4.98 Å². The van der Waals surface area contributed by atoms with Crippen LogP contribution in [0.5, 0.6) is 17.4 Å². The summed E-state index contributed by atoms with van der Waals surface area (Å²) in [5.74, 6) is 1.63. The summed E-state index contributed by atoms with van der Waals surface area (Å²) < 4.78 is 11.0. The molecule has 0 saturated carbocycles. The predicted molar refractivity (Wildman–Crippen MR) is 73.8 cm³/mol. The molecule has 0 radical (unpaired) electrons. The Labute approximate surface area is 116 Å². The van der Waals surface area contributed by atoms with E-state index < -0.39 is 0 Å². The Morgan fingerprint density at radius 3 is 2.53 bits per heavy atom. The lowest BCUT2D eigenvalue weighted by molar-refractivity contribution is 0.317. The molecule has 5 nitrogen and oxygen atoms in total. The van der Waals surface area contributed by atoms with Crippen LogP contribution >= 0.6 is 11.6 Å². The molecule has 19 heavy (non-hydrogen) atoms. The van der Waals surface area contributed by atoms with Crippen LogP contribution < -0.4 is 15.2 Å². The van der Waals surface area contributed by atoms with Crippen molar-refractivity contribution in [2.75, 3.05) is 12.3 Å². The van der Waals surface area contributed by atoms with Crippen LogP contribution in [0.15, 0.2) is 30.6 Å². The Balaban J connectivity index is 2.09. The summed E-state index contributed by atoms with van der Waals surface area (Å²) in [5.41, 5.74) is 5.94. The maximum absolute atomic E-state index is 5.79. The van der Waals surface area contributed by atoms with Crippen LogP contribution in [0, 0.1) is 0 Å².